The van der Waals surface area contributed by atoms with Crippen molar-refractivity contribution in [2.75, 3.05) is 27.1 Å². The van der Waals surface area contributed by atoms with Crippen LogP contribution in [0.2, 0.25) is 0 Å². The van der Waals surface area contributed by atoms with E-state index in [9.17, 15) is 9.59 Å². The van der Waals surface area contributed by atoms with Gasteiger partial charge in [0.05, 0.1) is 21.5 Å². The first-order chi connectivity index (χ1) is 19.9. The van der Waals surface area contributed by atoms with E-state index in [4.69, 9.17) is 21.1 Å². The van der Waals surface area contributed by atoms with Gasteiger partial charge in [-0.1, -0.05) is 0 Å². The van der Waals surface area contributed by atoms with Gasteiger partial charge in [0, 0.05) is 51.4 Å². The summed E-state index contributed by atoms with van der Waals surface area (Å²) >= 11 is 0. The number of carbonyl (C=O) groups excluding carboxylic acids is 1. The fourth-order valence-electron chi connectivity index (χ4n) is 6.07. The highest BCUT2D eigenvalue weighted by atomic mass is 19.1. The van der Waals surface area contributed by atoms with E-state index >= 15 is 4.39 Å². The standard InChI is InChI=1S/C29H36FN3O5/c1-15-11-16(2)31-26(34)19(15)12-33-14-29(9-10-29)22-21(27(33)35)17(3)24-25(23(22)30)38-28(4,37-24)20-8-7-18(13-36-20)32(5)6/h11,18,20H,7-10,12-14H2,1-6H3,(H,31,34)/t18-,20+,28+/m1/s1/i5D3,14D2. The third-order valence-corrected chi connectivity index (χ3v) is 8.43. The predicted molar refractivity (Wildman–Crippen MR) is 139 cm³/mol. The van der Waals surface area contributed by atoms with Crippen LogP contribution < -0.4 is 15.0 Å². The lowest BCUT2D eigenvalue weighted by Crippen LogP contribution is -2.53. The molecule has 3 aliphatic heterocycles. The number of pyridine rings is 1. The second-order valence-electron chi connectivity index (χ2n) is 11.3. The van der Waals surface area contributed by atoms with Crippen LogP contribution in [-0.2, 0) is 16.7 Å². The lowest BCUT2D eigenvalue weighted by Gasteiger charge is -2.38. The second kappa shape index (κ2) is 8.55. The number of carbonyl (C=O) groups is 1. The number of amides is 1. The highest BCUT2D eigenvalue weighted by molar-refractivity contribution is 6.00. The third kappa shape index (κ3) is 3.77. The normalized spacial score (nSPS) is 30.9. The first-order valence-corrected chi connectivity index (χ1v) is 13.0. The molecule has 1 N–H and O–H groups in total. The number of hydrogen-bond acceptors (Lipinski definition) is 6. The molecule has 9 heteroatoms. The van der Waals surface area contributed by atoms with E-state index in [0.29, 0.717) is 42.5 Å². The van der Waals surface area contributed by atoms with Crippen LogP contribution in [0, 0.1) is 26.6 Å². The monoisotopic (exact) mass is 530 g/mol. The molecule has 4 aliphatic rings. The maximum atomic E-state index is 16.5. The molecule has 0 unspecified atom stereocenters. The Hall–Kier alpha value is -2.91. The molecule has 1 amide bonds. The molecule has 4 heterocycles. The summed E-state index contributed by atoms with van der Waals surface area (Å²) in [5.74, 6) is -3.13. The lowest BCUT2D eigenvalue weighted by atomic mass is 9.83. The number of nitrogens with zero attached hydrogens (tertiary/aromatic N) is 2. The molecular formula is C29H36FN3O5. The Morgan fingerprint density at radius 1 is 1.24 bits per heavy atom. The van der Waals surface area contributed by atoms with Crippen LogP contribution in [0.3, 0.4) is 0 Å². The van der Waals surface area contributed by atoms with Crippen molar-refractivity contribution in [2.45, 2.75) is 83.3 Å². The maximum Gasteiger partial charge on any atom is 0.275 e. The van der Waals surface area contributed by atoms with Crippen molar-refractivity contribution in [1.82, 2.24) is 14.8 Å². The molecule has 3 atom stereocenters. The highest BCUT2D eigenvalue weighted by Gasteiger charge is 2.57. The number of rotatable bonds is 4. The smallest absolute Gasteiger partial charge is 0.275 e. The fourth-order valence-corrected chi connectivity index (χ4v) is 6.07. The van der Waals surface area contributed by atoms with Crippen molar-refractivity contribution in [3.05, 3.63) is 55.7 Å². The number of likely N-dealkylation sites (N-methyl/N-ethyl adjacent to an activating group) is 1. The van der Waals surface area contributed by atoms with Gasteiger partial charge in [-0.15, -0.1) is 0 Å². The minimum absolute atomic E-state index is 0.0127. The molecule has 1 saturated heterocycles. The Labute approximate surface area is 229 Å². The number of H-pyrrole nitrogens is 1. The molecule has 0 bridgehead atoms. The van der Waals surface area contributed by atoms with Crippen LogP contribution >= 0.6 is 0 Å². The summed E-state index contributed by atoms with van der Waals surface area (Å²) in [5.41, 5.74) is 0.192. The van der Waals surface area contributed by atoms with Gasteiger partial charge in [0.25, 0.3) is 17.3 Å². The largest absolute Gasteiger partial charge is 0.446 e. The molecule has 1 aromatic heterocycles. The Kier molecular flexibility index (Phi) is 4.51. The van der Waals surface area contributed by atoms with Crippen LogP contribution in [0.5, 0.6) is 11.5 Å². The van der Waals surface area contributed by atoms with Crippen LogP contribution in [-0.4, -0.2) is 65.8 Å². The van der Waals surface area contributed by atoms with Crippen LogP contribution in [0.1, 0.15) is 77.8 Å². The summed E-state index contributed by atoms with van der Waals surface area (Å²) in [4.78, 5) is 32.0. The van der Waals surface area contributed by atoms with Crippen molar-refractivity contribution >= 4 is 5.91 Å². The van der Waals surface area contributed by atoms with Gasteiger partial charge in [0.15, 0.2) is 11.6 Å². The molecule has 1 aromatic carbocycles. The SMILES string of the molecule is [2H]C([2H])([2H])N(C)[C@@H]1CC[C@@H]([C@@]2(C)Oc3c(C)c4c(c(F)c3O2)C2(CC2)C([2H])([2H])N(Cc2c(C)cc(C)[nH]c2=O)C4=O)OC1. The maximum absolute atomic E-state index is 16.5. The van der Waals surface area contributed by atoms with Gasteiger partial charge in [0.1, 0.15) is 6.10 Å². The first-order valence-electron chi connectivity index (χ1n) is 15.5. The predicted octanol–water partition coefficient (Wildman–Crippen LogP) is 3.72. The molecule has 1 spiro atoms. The Balaban J connectivity index is 1.35. The van der Waals surface area contributed by atoms with E-state index in [2.05, 4.69) is 4.98 Å². The molecule has 2 fully saturated rings. The van der Waals surface area contributed by atoms with Gasteiger partial charge >= 0.3 is 0 Å². The van der Waals surface area contributed by atoms with Crippen molar-refractivity contribution < 1.29 is 30.2 Å². The number of nitrogens with one attached hydrogen (secondary N) is 1. The molecule has 0 radical (unpaired) electrons. The fraction of sp³-hybridized carbons (Fsp3) is 0.586. The van der Waals surface area contributed by atoms with Gasteiger partial charge in [-0.05, 0) is 72.1 Å². The summed E-state index contributed by atoms with van der Waals surface area (Å²) in [6.07, 6.45) is 0.862. The van der Waals surface area contributed by atoms with Crippen molar-refractivity contribution in [2.24, 2.45) is 0 Å². The minimum atomic E-state index is -2.28. The number of fused-ring (bicyclic) bond motifs is 3. The van der Waals surface area contributed by atoms with Crippen LogP contribution in [0.4, 0.5) is 4.39 Å². The average Bonchev–Trinajstić information content (AvgIpc) is 3.64. The number of ether oxygens (including phenoxy) is 3. The number of halogens is 1. The summed E-state index contributed by atoms with van der Waals surface area (Å²) in [6.45, 7) is 2.03. The van der Waals surface area contributed by atoms with E-state index in [1.165, 1.54) is 11.9 Å². The topological polar surface area (TPSA) is 84.1 Å². The lowest BCUT2D eigenvalue weighted by molar-refractivity contribution is -0.191. The number of benzene rings is 1. The molecule has 204 valence electrons. The molecule has 8 nitrogen and oxygen atoms in total. The average molecular weight is 531 g/mol. The molecule has 2 aromatic rings. The van der Waals surface area contributed by atoms with E-state index in [1.807, 2.05) is 0 Å². The zero-order valence-electron chi connectivity index (χ0n) is 27.3. The zero-order chi connectivity index (χ0) is 31.4. The molecule has 38 heavy (non-hydrogen) atoms. The van der Waals surface area contributed by atoms with Gasteiger partial charge in [0.2, 0.25) is 5.75 Å². The molecule has 6 rings (SSSR count). The summed E-state index contributed by atoms with van der Waals surface area (Å²) in [5, 5.41) is 0. The van der Waals surface area contributed by atoms with Crippen molar-refractivity contribution in [3.63, 3.8) is 0 Å². The second-order valence-corrected chi connectivity index (χ2v) is 11.3. The highest BCUT2D eigenvalue weighted by Crippen LogP contribution is 2.59. The number of aromatic nitrogens is 1. The summed E-state index contributed by atoms with van der Waals surface area (Å²) in [6, 6.07) is 1.43. The molecular weight excluding hydrogens is 489 g/mol. The Morgan fingerprint density at radius 3 is 2.61 bits per heavy atom. The molecule has 1 aliphatic carbocycles. The Bertz CT molecular complexity index is 1580. The quantitative estimate of drug-likeness (QED) is 0.649. The first kappa shape index (κ1) is 20.1. The van der Waals surface area contributed by atoms with Crippen LogP contribution in [0.15, 0.2) is 10.9 Å². The third-order valence-electron chi connectivity index (χ3n) is 8.43. The van der Waals surface area contributed by atoms with Gasteiger partial charge in [-0.3, -0.25) is 9.59 Å². The van der Waals surface area contributed by atoms with Crippen molar-refractivity contribution in [1.29, 1.82) is 0 Å². The zero-order valence-corrected chi connectivity index (χ0v) is 22.3. The number of aryl methyl sites for hydroxylation is 2. The summed E-state index contributed by atoms with van der Waals surface area (Å²) in [7, 11) is 1.52. The van der Waals surface area contributed by atoms with Crippen LogP contribution in [0.25, 0.3) is 0 Å². The van der Waals surface area contributed by atoms with E-state index in [-0.39, 0.29) is 47.4 Å². The van der Waals surface area contributed by atoms with E-state index in [1.54, 1.807) is 33.8 Å². The van der Waals surface area contributed by atoms with Crippen molar-refractivity contribution in [3.8, 4) is 11.5 Å². The summed E-state index contributed by atoms with van der Waals surface area (Å²) < 4.78 is 76.1. The van der Waals surface area contributed by atoms with Gasteiger partial charge in [-0.25, -0.2) is 4.39 Å². The Morgan fingerprint density at radius 2 is 1.97 bits per heavy atom. The molecule has 1 saturated carbocycles. The number of hydrogen-bond donors (Lipinski definition) is 1. The van der Waals surface area contributed by atoms with Gasteiger partial charge in [-0.2, -0.15) is 0 Å². The number of aromatic amines is 1. The minimum Gasteiger partial charge on any atom is -0.446 e. The van der Waals surface area contributed by atoms with Gasteiger partial charge < -0.3 is 29.0 Å². The van der Waals surface area contributed by atoms with E-state index < -0.39 is 48.1 Å². The van der Waals surface area contributed by atoms with E-state index in [0.717, 1.165) is 4.90 Å².